The maximum absolute atomic E-state index is 13.3. The lowest BCUT2D eigenvalue weighted by atomic mass is 9.95. The van der Waals surface area contributed by atoms with Crippen molar-refractivity contribution >= 4 is 5.91 Å². The minimum Gasteiger partial charge on any atom is -0.463 e. The molecule has 130 valence electrons. The molecule has 0 aromatic carbocycles. The molecule has 0 unspecified atom stereocenters. The van der Waals surface area contributed by atoms with Crippen LogP contribution < -0.4 is 5.32 Å². The maximum Gasteiger partial charge on any atom is 0.424 e. The van der Waals surface area contributed by atoms with Gasteiger partial charge in [0.25, 0.3) is 5.91 Å². The van der Waals surface area contributed by atoms with Crippen molar-refractivity contribution in [3.8, 4) is 0 Å². The highest BCUT2D eigenvalue weighted by Crippen LogP contribution is 2.41. The fraction of sp³-hybridized carbons (Fsp3) is 0.400. The fourth-order valence-electron chi connectivity index (χ4n) is 2.09. The number of hydrogen-bond acceptors (Lipinski definition) is 5. The van der Waals surface area contributed by atoms with E-state index in [1.165, 1.54) is 25.3 Å². The number of hydrogen-bond donors (Lipinski definition) is 2. The quantitative estimate of drug-likeness (QED) is 0.869. The number of nitrogens with zero attached hydrogens (tertiary/aromatic N) is 2. The highest BCUT2D eigenvalue weighted by atomic mass is 19.4. The van der Waals surface area contributed by atoms with Gasteiger partial charge in [-0.05, 0) is 32.0 Å². The Bertz CT molecular complexity index is 730. The molecule has 0 saturated carbocycles. The van der Waals surface area contributed by atoms with Gasteiger partial charge in [0.2, 0.25) is 5.60 Å². The van der Waals surface area contributed by atoms with Crippen LogP contribution in [0.1, 0.15) is 34.3 Å². The second-order valence-electron chi connectivity index (χ2n) is 5.26. The number of furan rings is 1. The van der Waals surface area contributed by atoms with E-state index in [9.17, 15) is 23.1 Å². The van der Waals surface area contributed by atoms with Gasteiger partial charge in [-0.25, -0.2) is 9.97 Å². The molecular formula is C15H16F3N3O3. The Morgan fingerprint density at radius 2 is 2.00 bits per heavy atom. The minimum absolute atomic E-state index is 0.0342. The molecule has 0 fully saturated rings. The third-order valence-electron chi connectivity index (χ3n) is 3.40. The molecule has 0 radical (unpaired) electrons. The second-order valence-corrected chi connectivity index (χ2v) is 5.26. The van der Waals surface area contributed by atoms with Crippen molar-refractivity contribution in [1.82, 2.24) is 15.3 Å². The number of rotatable bonds is 5. The van der Waals surface area contributed by atoms with E-state index in [0.29, 0.717) is 5.82 Å². The fourth-order valence-corrected chi connectivity index (χ4v) is 2.09. The molecule has 2 aromatic rings. The first-order valence-electron chi connectivity index (χ1n) is 7.07. The van der Waals surface area contributed by atoms with Crippen LogP contribution in [0.4, 0.5) is 13.2 Å². The summed E-state index contributed by atoms with van der Waals surface area (Å²) in [7, 11) is 0. The first kappa shape index (κ1) is 17.9. The number of aliphatic hydroxyl groups is 1. The normalized spacial score (nSPS) is 14.2. The molecule has 1 amide bonds. The van der Waals surface area contributed by atoms with E-state index in [1.54, 1.807) is 6.92 Å². The summed E-state index contributed by atoms with van der Waals surface area (Å²) in [6, 6.07) is 3.74. The number of aryl methyl sites for hydroxylation is 2. The van der Waals surface area contributed by atoms with Gasteiger partial charge in [0, 0.05) is 19.2 Å². The second kappa shape index (κ2) is 6.60. The van der Waals surface area contributed by atoms with Crippen LogP contribution in [-0.2, 0) is 5.60 Å². The number of halogens is 3. The van der Waals surface area contributed by atoms with E-state index in [-0.39, 0.29) is 11.5 Å². The van der Waals surface area contributed by atoms with Crippen LogP contribution in [0.15, 0.2) is 28.8 Å². The number of carbonyl (C=O) groups excluding carboxylic acids is 1. The Morgan fingerprint density at radius 1 is 1.29 bits per heavy atom. The summed E-state index contributed by atoms with van der Waals surface area (Å²) in [5.41, 5.74) is -3.15. The zero-order chi connectivity index (χ0) is 18.0. The molecule has 2 aromatic heterocycles. The van der Waals surface area contributed by atoms with Gasteiger partial charge in [-0.3, -0.25) is 4.79 Å². The maximum atomic E-state index is 13.3. The van der Waals surface area contributed by atoms with Crippen LogP contribution in [0.3, 0.4) is 0 Å². The van der Waals surface area contributed by atoms with E-state index in [4.69, 9.17) is 4.42 Å². The summed E-state index contributed by atoms with van der Waals surface area (Å²) in [5, 5.41) is 12.4. The van der Waals surface area contributed by atoms with Crippen LogP contribution in [0.25, 0.3) is 0 Å². The SMILES string of the molecule is Cc1nccc(C(=O)NCC[C@@](O)(c2ccc(C)o2)C(F)(F)F)n1. The summed E-state index contributed by atoms with van der Waals surface area (Å²) in [6.45, 7) is 2.63. The topological polar surface area (TPSA) is 88.2 Å². The van der Waals surface area contributed by atoms with Crippen LogP contribution >= 0.6 is 0 Å². The van der Waals surface area contributed by atoms with Crippen molar-refractivity contribution in [2.24, 2.45) is 0 Å². The average molecular weight is 343 g/mol. The van der Waals surface area contributed by atoms with Crippen molar-refractivity contribution < 1.29 is 27.5 Å². The first-order valence-corrected chi connectivity index (χ1v) is 7.07. The number of aromatic nitrogens is 2. The molecule has 1 atom stereocenters. The van der Waals surface area contributed by atoms with Gasteiger partial charge in [-0.2, -0.15) is 13.2 Å². The summed E-state index contributed by atoms with van der Waals surface area (Å²) >= 11 is 0. The molecule has 2 rings (SSSR count). The van der Waals surface area contributed by atoms with Gasteiger partial charge in [0.15, 0.2) is 0 Å². The van der Waals surface area contributed by atoms with Gasteiger partial charge in [-0.1, -0.05) is 0 Å². The molecule has 0 aliphatic heterocycles. The van der Waals surface area contributed by atoms with Crippen molar-refractivity contribution in [3.63, 3.8) is 0 Å². The lowest BCUT2D eigenvalue weighted by Crippen LogP contribution is -2.44. The van der Waals surface area contributed by atoms with E-state index in [1.807, 2.05) is 0 Å². The Morgan fingerprint density at radius 3 is 2.54 bits per heavy atom. The molecule has 0 spiro atoms. The molecule has 9 heteroatoms. The lowest BCUT2D eigenvalue weighted by molar-refractivity contribution is -0.274. The predicted molar refractivity (Wildman–Crippen MR) is 77.1 cm³/mol. The largest absolute Gasteiger partial charge is 0.463 e. The van der Waals surface area contributed by atoms with Crippen molar-refractivity contribution in [3.05, 3.63) is 47.4 Å². The van der Waals surface area contributed by atoms with Gasteiger partial charge >= 0.3 is 6.18 Å². The molecule has 24 heavy (non-hydrogen) atoms. The van der Waals surface area contributed by atoms with Crippen molar-refractivity contribution in [2.45, 2.75) is 32.0 Å². The Balaban J connectivity index is 2.08. The summed E-state index contributed by atoms with van der Waals surface area (Å²) < 4.78 is 44.7. The standard InChI is InChI=1S/C15H16F3N3O3/c1-9-3-4-12(24-9)14(23,15(16,17)18)6-8-20-13(22)11-5-7-19-10(2)21-11/h3-5,7,23H,6,8H2,1-2H3,(H,20,22)/t14-/m1/s1. The van der Waals surface area contributed by atoms with E-state index in [0.717, 1.165) is 6.07 Å². The Labute approximate surface area is 135 Å². The molecule has 0 aliphatic rings. The Kier molecular flexibility index (Phi) is 4.93. The third kappa shape index (κ3) is 3.73. The van der Waals surface area contributed by atoms with Crippen molar-refractivity contribution in [1.29, 1.82) is 0 Å². The summed E-state index contributed by atoms with van der Waals surface area (Å²) in [4.78, 5) is 19.6. The van der Waals surface area contributed by atoms with Gasteiger partial charge in [0.1, 0.15) is 23.0 Å². The molecule has 0 bridgehead atoms. The number of nitrogens with one attached hydrogen (secondary N) is 1. The van der Waals surface area contributed by atoms with Gasteiger partial charge in [-0.15, -0.1) is 0 Å². The third-order valence-corrected chi connectivity index (χ3v) is 3.40. The highest BCUT2D eigenvalue weighted by molar-refractivity contribution is 5.92. The zero-order valence-electron chi connectivity index (χ0n) is 13.0. The van der Waals surface area contributed by atoms with Crippen LogP contribution in [0.5, 0.6) is 0 Å². The molecule has 0 saturated heterocycles. The summed E-state index contributed by atoms with van der Waals surface area (Å²) in [5.74, 6) is -0.658. The number of amides is 1. The van der Waals surface area contributed by atoms with Gasteiger partial charge in [0.05, 0.1) is 0 Å². The van der Waals surface area contributed by atoms with E-state index < -0.39 is 36.4 Å². The zero-order valence-corrected chi connectivity index (χ0v) is 13.0. The highest BCUT2D eigenvalue weighted by Gasteiger charge is 2.56. The average Bonchev–Trinajstić information content (AvgIpc) is 2.92. The molecule has 0 aliphatic carbocycles. The van der Waals surface area contributed by atoms with Gasteiger partial charge < -0.3 is 14.8 Å². The van der Waals surface area contributed by atoms with E-state index in [2.05, 4.69) is 15.3 Å². The minimum atomic E-state index is -4.95. The van der Waals surface area contributed by atoms with Crippen LogP contribution in [0, 0.1) is 13.8 Å². The molecule has 6 nitrogen and oxygen atoms in total. The molecule has 2 heterocycles. The lowest BCUT2D eigenvalue weighted by Gasteiger charge is -2.28. The smallest absolute Gasteiger partial charge is 0.424 e. The Hall–Kier alpha value is -2.42. The molecule has 2 N–H and O–H groups in total. The van der Waals surface area contributed by atoms with E-state index >= 15 is 0 Å². The number of alkyl halides is 3. The first-order chi connectivity index (χ1) is 11.1. The predicted octanol–water partition coefficient (Wildman–Crippen LogP) is 2.26. The van der Waals surface area contributed by atoms with Crippen LogP contribution in [0.2, 0.25) is 0 Å². The number of carbonyl (C=O) groups is 1. The monoisotopic (exact) mass is 343 g/mol. The molecular weight excluding hydrogens is 327 g/mol. The summed E-state index contributed by atoms with van der Waals surface area (Å²) in [6.07, 6.45) is -4.37. The van der Waals surface area contributed by atoms with Crippen LogP contribution in [-0.4, -0.2) is 33.7 Å². The van der Waals surface area contributed by atoms with Crippen molar-refractivity contribution in [2.75, 3.05) is 6.54 Å².